The van der Waals surface area contributed by atoms with Crippen molar-refractivity contribution in [1.29, 1.82) is 0 Å². The van der Waals surface area contributed by atoms with Crippen molar-refractivity contribution in [2.45, 2.75) is 32.2 Å². The highest BCUT2D eigenvalue weighted by atomic mass is 16.5. The lowest BCUT2D eigenvalue weighted by Crippen LogP contribution is -2.32. The van der Waals surface area contributed by atoms with Crippen LogP contribution in [0.1, 0.15) is 35.7 Å². The van der Waals surface area contributed by atoms with Gasteiger partial charge in [0.1, 0.15) is 5.75 Å². The van der Waals surface area contributed by atoms with Gasteiger partial charge in [-0.15, -0.1) is 0 Å². The van der Waals surface area contributed by atoms with Gasteiger partial charge in [0.15, 0.2) is 0 Å². The van der Waals surface area contributed by atoms with Crippen molar-refractivity contribution in [2.75, 3.05) is 13.7 Å². The summed E-state index contributed by atoms with van der Waals surface area (Å²) in [6.07, 6.45) is 7.70. The molecule has 0 radical (unpaired) electrons. The van der Waals surface area contributed by atoms with Gasteiger partial charge in [-0.3, -0.25) is 14.9 Å². The smallest absolute Gasteiger partial charge is 0.227 e. The number of aromatic amines is 1. The summed E-state index contributed by atoms with van der Waals surface area (Å²) < 4.78 is 5.32. The molecule has 0 bridgehead atoms. The number of pyridine rings is 1. The van der Waals surface area contributed by atoms with Gasteiger partial charge in [0, 0.05) is 24.5 Å². The Morgan fingerprint density at radius 2 is 2.11 bits per heavy atom. The van der Waals surface area contributed by atoms with Crippen LogP contribution in [0.25, 0.3) is 11.1 Å². The Kier molecular flexibility index (Phi) is 5.10. The molecule has 1 saturated heterocycles. The second-order valence-electron chi connectivity index (χ2n) is 7.16. The Bertz CT molecular complexity index is 968. The van der Waals surface area contributed by atoms with Crippen molar-refractivity contribution in [1.82, 2.24) is 20.1 Å². The largest absolute Gasteiger partial charge is 0.496 e. The average molecular weight is 376 g/mol. The number of nitrogens with zero attached hydrogens (tertiary/aromatic N) is 3. The zero-order valence-corrected chi connectivity index (χ0v) is 16.2. The second kappa shape index (κ2) is 7.84. The number of aryl methyl sites for hydroxylation is 1. The molecule has 1 unspecified atom stereocenters. The van der Waals surface area contributed by atoms with E-state index in [0.717, 1.165) is 53.1 Å². The molecule has 1 amide bonds. The predicted molar refractivity (Wildman–Crippen MR) is 107 cm³/mol. The van der Waals surface area contributed by atoms with E-state index in [-0.39, 0.29) is 11.9 Å². The molecule has 0 saturated carbocycles. The average Bonchev–Trinajstić information content (AvgIpc) is 3.38. The van der Waals surface area contributed by atoms with Crippen LogP contribution in [0.4, 0.5) is 0 Å². The highest BCUT2D eigenvalue weighted by molar-refractivity contribution is 5.80. The topological polar surface area (TPSA) is 71.1 Å². The minimum atomic E-state index is 0.0255. The Morgan fingerprint density at radius 3 is 2.86 bits per heavy atom. The molecule has 1 fully saturated rings. The van der Waals surface area contributed by atoms with Crippen molar-refractivity contribution in [3.8, 4) is 16.9 Å². The van der Waals surface area contributed by atoms with Crippen LogP contribution in [0.3, 0.4) is 0 Å². The Balaban J connectivity index is 1.55. The van der Waals surface area contributed by atoms with Crippen molar-refractivity contribution in [3.05, 3.63) is 65.7 Å². The van der Waals surface area contributed by atoms with E-state index in [0.29, 0.717) is 6.42 Å². The molecule has 3 heterocycles. The van der Waals surface area contributed by atoms with Gasteiger partial charge in [-0.05, 0) is 54.7 Å². The lowest BCUT2D eigenvalue weighted by Gasteiger charge is -2.25. The van der Waals surface area contributed by atoms with Crippen LogP contribution in [0.2, 0.25) is 0 Å². The molecule has 1 aliphatic rings. The lowest BCUT2D eigenvalue weighted by molar-refractivity contribution is -0.131. The molecule has 4 rings (SSSR count). The molecular formula is C22H24N4O2. The van der Waals surface area contributed by atoms with E-state index in [1.54, 1.807) is 19.5 Å². The number of ether oxygens (including phenoxy) is 1. The third-order valence-corrected chi connectivity index (χ3v) is 5.38. The summed E-state index contributed by atoms with van der Waals surface area (Å²) in [4.78, 5) is 19.2. The number of methoxy groups -OCH3 is 1. The first-order chi connectivity index (χ1) is 13.7. The SMILES string of the molecule is COc1ccc(CC(=O)N2CCCC2c2[nH]ncc2-c2ccncc2)cc1C. The van der Waals surface area contributed by atoms with E-state index >= 15 is 0 Å². The zero-order valence-electron chi connectivity index (χ0n) is 16.2. The number of carbonyl (C=O) groups excluding carboxylic acids is 1. The van der Waals surface area contributed by atoms with E-state index < -0.39 is 0 Å². The van der Waals surface area contributed by atoms with Crippen LogP contribution in [0.15, 0.2) is 48.9 Å². The van der Waals surface area contributed by atoms with Crippen LogP contribution < -0.4 is 4.74 Å². The Hall–Kier alpha value is -3.15. The summed E-state index contributed by atoms with van der Waals surface area (Å²) in [6.45, 7) is 2.77. The van der Waals surface area contributed by atoms with Gasteiger partial charge in [-0.1, -0.05) is 12.1 Å². The lowest BCUT2D eigenvalue weighted by atomic mass is 10.0. The van der Waals surface area contributed by atoms with Crippen LogP contribution >= 0.6 is 0 Å². The maximum absolute atomic E-state index is 13.1. The number of aromatic nitrogens is 3. The number of likely N-dealkylation sites (tertiary alicyclic amines) is 1. The van der Waals surface area contributed by atoms with Crippen LogP contribution in [-0.4, -0.2) is 39.6 Å². The number of benzene rings is 1. The maximum Gasteiger partial charge on any atom is 0.227 e. The van der Waals surface area contributed by atoms with Crippen LogP contribution in [0, 0.1) is 6.92 Å². The normalized spacial score (nSPS) is 16.4. The number of H-pyrrole nitrogens is 1. The van der Waals surface area contributed by atoms with Gasteiger partial charge in [-0.2, -0.15) is 5.10 Å². The van der Waals surface area contributed by atoms with Gasteiger partial charge in [0.25, 0.3) is 0 Å². The molecule has 144 valence electrons. The number of nitrogens with one attached hydrogen (secondary N) is 1. The zero-order chi connectivity index (χ0) is 19.5. The fraction of sp³-hybridized carbons (Fsp3) is 0.318. The molecule has 1 aliphatic heterocycles. The van der Waals surface area contributed by atoms with E-state index in [2.05, 4.69) is 15.2 Å². The maximum atomic E-state index is 13.1. The minimum absolute atomic E-state index is 0.0255. The highest BCUT2D eigenvalue weighted by Crippen LogP contribution is 2.36. The summed E-state index contributed by atoms with van der Waals surface area (Å²) in [5.41, 5.74) is 5.14. The van der Waals surface area contributed by atoms with E-state index in [9.17, 15) is 4.79 Å². The number of hydrogen-bond donors (Lipinski definition) is 1. The molecule has 28 heavy (non-hydrogen) atoms. The molecule has 0 aliphatic carbocycles. The third-order valence-electron chi connectivity index (χ3n) is 5.38. The Morgan fingerprint density at radius 1 is 1.29 bits per heavy atom. The predicted octanol–water partition coefficient (Wildman–Crippen LogP) is 3.69. The summed E-state index contributed by atoms with van der Waals surface area (Å²) >= 11 is 0. The number of amides is 1. The summed E-state index contributed by atoms with van der Waals surface area (Å²) in [5.74, 6) is 0.983. The first kappa shape index (κ1) is 18.2. The standard InChI is InChI=1S/C22H24N4O2/c1-15-12-16(5-6-20(15)28-2)13-21(27)26-11-3-4-19(26)22-18(14-24-25-22)17-7-9-23-10-8-17/h5-10,12,14,19H,3-4,11,13H2,1-2H3,(H,24,25). The first-order valence-corrected chi connectivity index (χ1v) is 9.54. The first-order valence-electron chi connectivity index (χ1n) is 9.54. The van der Waals surface area contributed by atoms with Gasteiger partial charge in [0.2, 0.25) is 5.91 Å². The summed E-state index contributed by atoms with van der Waals surface area (Å²) in [5, 5.41) is 7.39. The molecule has 1 N–H and O–H groups in total. The molecule has 1 aromatic carbocycles. The fourth-order valence-corrected chi connectivity index (χ4v) is 4.00. The number of rotatable bonds is 5. The second-order valence-corrected chi connectivity index (χ2v) is 7.16. The van der Waals surface area contributed by atoms with Gasteiger partial charge in [0.05, 0.1) is 31.5 Å². The van der Waals surface area contributed by atoms with E-state index in [4.69, 9.17) is 4.74 Å². The van der Waals surface area contributed by atoms with E-state index in [1.807, 2.05) is 48.4 Å². The van der Waals surface area contributed by atoms with Crippen molar-refractivity contribution < 1.29 is 9.53 Å². The van der Waals surface area contributed by atoms with Gasteiger partial charge >= 0.3 is 0 Å². The van der Waals surface area contributed by atoms with Crippen LogP contribution in [0.5, 0.6) is 5.75 Å². The Labute approximate surface area is 164 Å². The van der Waals surface area contributed by atoms with Crippen molar-refractivity contribution >= 4 is 5.91 Å². The summed E-state index contributed by atoms with van der Waals surface area (Å²) in [7, 11) is 1.66. The van der Waals surface area contributed by atoms with E-state index in [1.165, 1.54) is 0 Å². The van der Waals surface area contributed by atoms with Crippen LogP contribution in [-0.2, 0) is 11.2 Å². The molecule has 1 atom stereocenters. The number of hydrogen-bond acceptors (Lipinski definition) is 4. The van der Waals surface area contributed by atoms with Crippen molar-refractivity contribution in [2.24, 2.45) is 0 Å². The molecule has 2 aromatic heterocycles. The molecule has 0 spiro atoms. The third kappa shape index (κ3) is 3.50. The summed E-state index contributed by atoms with van der Waals surface area (Å²) in [6, 6.07) is 9.88. The number of carbonyl (C=O) groups is 1. The quantitative estimate of drug-likeness (QED) is 0.737. The fourth-order valence-electron chi connectivity index (χ4n) is 4.00. The highest BCUT2D eigenvalue weighted by Gasteiger charge is 2.32. The molecule has 6 nitrogen and oxygen atoms in total. The van der Waals surface area contributed by atoms with Gasteiger partial charge in [-0.25, -0.2) is 0 Å². The minimum Gasteiger partial charge on any atom is -0.496 e. The molecular weight excluding hydrogens is 352 g/mol. The molecule has 3 aromatic rings. The van der Waals surface area contributed by atoms with Gasteiger partial charge < -0.3 is 9.64 Å². The molecule has 6 heteroatoms. The monoisotopic (exact) mass is 376 g/mol. The van der Waals surface area contributed by atoms with Crippen molar-refractivity contribution in [3.63, 3.8) is 0 Å².